The van der Waals surface area contributed by atoms with Crippen molar-refractivity contribution in [3.05, 3.63) is 54.1 Å². The first-order valence-electron chi connectivity index (χ1n) is 8.64. The minimum Gasteiger partial charge on any atom is -0.399 e. The molecule has 2 atom stereocenters. The SMILES string of the molecule is CO/N=C/c1ccc(-c2ccccc2NC(=O)C2SC(C)=NC2C(F)(F)F)cc1. The van der Waals surface area contributed by atoms with Crippen molar-refractivity contribution in [2.75, 3.05) is 12.4 Å². The molecular formula is C20H18F3N3O2S. The van der Waals surface area contributed by atoms with E-state index in [1.54, 1.807) is 30.5 Å². The number of para-hydroxylation sites is 1. The van der Waals surface area contributed by atoms with Crippen molar-refractivity contribution in [3.8, 4) is 11.1 Å². The summed E-state index contributed by atoms with van der Waals surface area (Å²) in [5.41, 5.74) is 2.75. The van der Waals surface area contributed by atoms with Gasteiger partial charge in [0.25, 0.3) is 0 Å². The van der Waals surface area contributed by atoms with Crippen LogP contribution in [0.5, 0.6) is 0 Å². The summed E-state index contributed by atoms with van der Waals surface area (Å²) < 4.78 is 39.7. The van der Waals surface area contributed by atoms with E-state index in [9.17, 15) is 18.0 Å². The summed E-state index contributed by atoms with van der Waals surface area (Å²) >= 11 is 0.831. The maximum Gasteiger partial charge on any atom is 0.412 e. The van der Waals surface area contributed by atoms with Gasteiger partial charge in [0.05, 0.1) is 11.3 Å². The standard InChI is InChI=1S/C20H18F3N3O2S/c1-12-25-18(20(21,22)23)17(29-12)19(27)26-16-6-4-3-5-15(16)14-9-7-13(8-10-14)11-24-28-2/h3-11,17-18H,1-2H3,(H,26,27)/b24-11+. The largest absolute Gasteiger partial charge is 0.412 e. The van der Waals surface area contributed by atoms with Crippen LogP contribution in [-0.2, 0) is 9.63 Å². The van der Waals surface area contributed by atoms with Crippen molar-refractivity contribution >= 4 is 34.6 Å². The van der Waals surface area contributed by atoms with Gasteiger partial charge in [0.2, 0.25) is 5.91 Å². The number of carbonyl (C=O) groups is 1. The third-order valence-corrected chi connectivity index (χ3v) is 5.39. The lowest BCUT2D eigenvalue weighted by Crippen LogP contribution is -2.41. The zero-order valence-corrected chi connectivity index (χ0v) is 16.4. The van der Waals surface area contributed by atoms with Gasteiger partial charge in [-0.15, -0.1) is 0 Å². The van der Waals surface area contributed by atoms with E-state index in [-0.39, 0.29) is 5.04 Å². The molecule has 0 saturated carbocycles. The number of thioether (sulfide) groups is 1. The molecular weight excluding hydrogens is 403 g/mol. The molecule has 1 heterocycles. The summed E-state index contributed by atoms with van der Waals surface area (Å²) in [7, 11) is 1.45. The Labute approximate surface area is 170 Å². The zero-order valence-electron chi connectivity index (χ0n) is 15.6. The van der Waals surface area contributed by atoms with Gasteiger partial charge in [-0.3, -0.25) is 9.79 Å². The van der Waals surface area contributed by atoms with Crippen LogP contribution in [0.15, 0.2) is 58.7 Å². The van der Waals surface area contributed by atoms with Crippen LogP contribution in [0, 0.1) is 0 Å². The molecule has 1 amide bonds. The summed E-state index contributed by atoms with van der Waals surface area (Å²) in [6.45, 7) is 1.47. The fraction of sp³-hybridized carbons (Fsp3) is 0.250. The summed E-state index contributed by atoms with van der Waals surface area (Å²) in [6.07, 6.45) is -3.03. The minimum absolute atomic E-state index is 0.245. The predicted molar refractivity (Wildman–Crippen MR) is 109 cm³/mol. The average molecular weight is 421 g/mol. The number of oxime groups is 1. The summed E-state index contributed by atoms with van der Waals surface area (Å²) in [5.74, 6) is -0.728. The molecule has 3 rings (SSSR count). The smallest absolute Gasteiger partial charge is 0.399 e. The molecule has 9 heteroatoms. The quantitative estimate of drug-likeness (QED) is 0.560. The van der Waals surface area contributed by atoms with Crippen LogP contribution in [0.3, 0.4) is 0 Å². The first kappa shape index (κ1) is 20.9. The number of hydrogen-bond acceptors (Lipinski definition) is 5. The average Bonchev–Trinajstić information content (AvgIpc) is 3.10. The van der Waals surface area contributed by atoms with Crippen molar-refractivity contribution in [1.82, 2.24) is 0 Å². The van der Waals surface area contributed by atoms with Crippen LogP contribution < -0.4 is 5.32 Å². The molecule has 1 N–H and O–H groups in total. The highest BCUT2D eigenvalue weighted by Crippen LogP contribution is 2.38. The van der Waals surface area contributed by atoms with Crippen LogP contribution in [0.4, 0.5) is 18.9 Å². The van der Waals surface area contributed by atoms with Crippen molar-refractivity contribution in [1.29, 1.82) is 0 Å². The van der Waals surface area contributed by atoms with Gasteiger partial charge in [0, 0.05) is 11.3 Å². The Morgan fingerprint density at radius 3 is 2.55 bits per heavy atom. The predicted octanol–water partition coefficient (Wildman–Crippen LogP) is 4.74. The Morgan fingerprint density at radius 1 is 1.21 bits per heavy atom. The molecule has 0 bridgehead atoms. The Bertz CT molecular complexity index is 943. The highest BCUT2D eigenvalue weighted by molar-refractivity contribution is 8.15. The first-order valence-corrected chi connectivity index (χ1v) is 9.52. The molecule has 1 aliphatic heterocycles. The molecule has 29 heavy (non-hydrogen) atoms. The number of hydrogen-bond donors (Lipinski definition) is 1. The Kier molecular flexibility index (Phi) is 6.26. The lowest BCUT2D eigenvalue weighted by molar-refractivity contribution is -0.150. The first-order chi connectivity index (χ1) is 13.8. The van der Waals surface area contributed by atoms with Crippen LogP contribution >= 0.6 is 11.8 Å². The minimum atomic E-state index is -4.58. The maximum atomic E-state index is 13.2. The number of anilines is 1. The monoisotopic (exact) mass is 421 g/mol. The number of carbonyl (C=O) groups excluding carboxylic acids is 1. The number of amides is 1. The number of halogens is 3. The number of nitrogens with one attached hydrogen (secondary N) is 1. The van der Waals surface area contributed by atoms with E-state index in [0.717, 1.165) is 22.9 Å². The van der Waals surface area contributed by atoms with Gasteiger partial charge < -0.3 is 10.2 Å². The van der Waals surface area contributed by atoms with Crippen molar-refractivity contribution < 1.29 is 22.8 Å². The number of benzene rings is 2. The maximum absolute atomic E-state index is 13.2. The lowest BCUT2D eigenvalue weighted by atomic mass is 10.0. The van der Waals surface area contributed by atoms with E-state index in [4.69, 9.17) is 0 Å². The van der Waals surface area contributed by atoms with Crippen LogP contribution in [0.1, 0.15) is 12.5 Å². The topological polar surface area (TPSA) is 63.0 Å². The lowest BCUT2D eigenvalue weighted by Gasteiger charge is -2.20. The van der Waals surface area contributed by atoms with Gasteiger partial charge >= 0.3 is 6.18 Å². The second-order valence-electron chi connectivity index (χ2n) is 6.25. The van der Waals surface area contributed by atoms with E-state index in [1.807, 2.05) is 24.3 Å². The van der Waals surface area contributed by atoms with E-state index in [1.165, 1.54) is 14.0 Å². The highest BCUT2D eigenvalue weighted by atomic mass is 32.2. The number of alkyl halides is 3. The molecule has 0 radical (unpaired) electrons. The van der Waals surface area contributed by atoms with Gasteiger partial charge in [-0.05, 0) is 24.1 Å². The normalized spacial score (nSPS) is 19.3. The van der Waals surface area contributed by atoms with E-state index in [2.05, 4.69) is 20.3 Å². The fourth-order valence-electron chi connectivity index (χ4n) is 2.89. The molecule has 0 saturated heterocycles. The van der Waals surface area contributed by atoms with Crippen LogP contribution in [0.25, 0.3) is 11.1 Å². The fourth-order valence-corrected chi connectivity index (χ4v) is 3.95. The summed E-state index contributed by atoms with van der Waals surface area (Å²) in [6, 6.07) is 12.2. The molecule has 2 aromatic carbocycles. The third-order valence-electron chi connectivity index (χ3n) is 4.21. The highest BCUT2D eigenvalue weighted by Gasteiger charge is 2.51. The van der Waals surface area contributed by atoms with Gasteiger partial charge in [-0.1, -0.05) is 59.4 Å². The Balaban J connectivity index is 1.82. The van der Waals surface area contributed by atoms with Crippen molar-refractivity contribution in [2.24, 2.45) is 10.1 Å². The molecule has 0 fully saturated rings. The van der Waals surface area contributed by atoms with Crippen molar-refractivity contribution in [2.45, 2.75) is 24.4 Å². The molecule has 5 nitrogen and oxygen atoms in total. The third kappa shape index (κ3) is 4.97. The molecule has 0 aliphatic carbocycles. The molecule has 152 valence electrons. The van der Waals surface area contributed by atoms with Crippen LogP contribution in [-0.4, -0.2) is 41.7 Å². The van der Waals surface area contributed by atoms with Crippen molar-refractivity contribution in [3.63, 3.8) is 0 Å². The van der Waals surface area contributed by atoms with E-state index >= 15 is 0 Å². The van der Waals surface area contributed by atoms with Crippen LogP contribution in [0.2, 0.25) is 0 Å². The number of aliphatic imine (C=N–C) groups is 1. The van der Waals surface area contributed by atoms with Gasteiger partial charge in [-0.25, -0.2) is 0 Å². The molecule has 0 spiro atoms. The Morgan fingerprint density at radius 2 is 1.90 bits per heavy atom. The number of nitrogens with zero attached hydrogens (tertiary/aromatic N) is 2. The summed E-state index contributed by atoms with van der Waals surface area (Å²) in [5, 5.41) is 5.23. The second-order valence-corrected chi connectivity index (χ2v) is 7.58. The second kappa shape index (κ2) is 8.69. The molecule has 2 aromatic rings. The van der Waals surface area contributed by atoms with E-state index < -0.39 is 23.4 Å². The van der Waals surface area contributed by atoms with Gasteiger partial charge in [-0.2, -0.15) is 13.2 Å². The molecule has 0 aromatic heterocycles. The molecule has 2 unspecified atom stereocenters. The van der Waals surface area contributed by atoms with Gasteiger partial charge in [0.15, 0.2) is 6.04 Å². The van der Waals surface area contributed by atoms with E-state index in [0.29, 0.717) is 11.3 Å². The zero-order chi connectivity index (χ0) is 21.0. The Hall–Kier alpha value is -2.81. The molecule has 1 aliphatic rings. The van der Waals surface area contributed by atoms with Gasteiger partial charge in [0.1, 0.15) is 12.4 Å². The summed E-state index contributed by atoms with van der Waals surface area (Å²) in [4.78, 5) is 20.9. The number of rotatable bonds is 5.